The second-order valence-corrected chi connectivity index (χ2v) is 5.90. The molecule has 0 bridgehead atoms. The highest BCUT2D eigenvalue weighted by molar-refractivity contribution is 5.26. The lowest BCUT2D eigenvalue weighted by Gasteiger charge is -2.33. The van der Waals surface area contributed by atoms with Crippen LogP contribution in [-0.4, -0.2) is 43.2 Å². The molecule has 1 saturated heterocycles. The van der Waals surface area contributed by atoms with Crippen LogP contribution in [0.4, 0.5) is 0 Å². The fourth-order valence-electron chi connectivity index (χ4n) is 2.72. The maximum atomic E-state index is 5.83. The van der Waals surface area contributed by atoms with E-state index in [1.807, 2.05) is 12.1 Å². The number of nitrogens with zero attached hydrogens (tertiary/aromatic N) is 1. The summed E-state index contributed by atoms with van der Waals surface area (Å²) in [7, 11) is 0. The molecule has 0 aliphatic carbocycles. The molecule has 2 rings (SSSR count). The van der Waals surface area contributed by atoms with Crippen LogP contribution in [0.15, 0.2) is 24.3 Å². The van der Waals surface area contributed by atoms with Gasteiger partial charge in [-0.05, 0) is 58.5 Å². The molecule has 1 aliphatic heterocycles. The molecule has 1 fully saturated rings. The van der Waals surface area contributed by atoms with Crippen LogP contribution in [0.1, 0.15) is 32.3 Å². The van der Waals surface area contributed by atoms with Crippen LogP contribution in [0, 0.1) is 6.92 Å². The summed E-state index contributed by atoms with van der Waals surface area (Å²) >= 11 is 0. The van der Waals surface area contributed by atoms with Gasteiger partial charge in [0.1, 0.15) is 12.4 Å². The van der Waals surface area contributed by atoms with E-state index in [0.717, 1.165) is 12.4 Å². The topological polar surface area (TPSA) is 24.5 Å². The highest BCUT2D eigenvalue weighted by atomic mass is 16.5. The zero-order valence-electron chi connectivity index (χ0n) is 13.1. The molecule has 20 heavy (non-hydrogen) atoms. The number of likely N-dealkylation sites (tertiary alicyclic amines) is 1. The maximum Gasteiger partial charge on any atom is 0.119 e. The molecular weight excluding hydrogens is 248 g/mol. The average molecular weight is 276 g/mol. The van der Waals surface area contributed by atoms with E-state index in [1.54, 1.807) is 0 Å². The fraction of sp³-hybridized carbons (Fsp3) is 0.647. The van der Waals surface area contributed by atoms with Crippen molar-refractivity contribution in [1.82, 2.24) is 10.2 Å². The SMILES string of the molecule is CCN1CCC(NC(C)COc2ccc(C)cc2)CC1. The van der Waals surface area contributed by atoms with Crippen molar-refractivity contribution in [3.63, 3.8) is 0 Å². The number of benzene rings is 1. The Hall–Kier alpha value is -1.06. The number of piperidine rings is 1. The van der Waals surface area contributed by atoms with Gasteiger partial charge in [-0.2, -0.15) is 0 Å². The van der Waals surface area contributed by atoms with Crippen molar-refractivity contribution in [2.75, 3.05) is 26.2 Å². The zero-order chi connectivity index (χ0) is 14.4. The van der Waals surface area contributed by atoms with Crippen molar-refractivity contribution >= 4 is 0 Å². The summed E-state index contributed by atoms with van der Waals surface area (Å²) in [5.74, 6) is 0.963. The Bertz CT molecular complexity index is 382. The first-order valence-electron chi connectivity index (χ1n) is 7.85. The number of ether oxygens (including phenoxy) is 1. The maximum absolute atomic E-state index is 5.83. The lowest BCUT2D eigenvalue weighted by molar-refractivity contribution is 0.186. The van der Waals surface area contributed by atoms with Gasteiger partial charge < -0.3 is 15.0 Å². The first-order chi connectivity index (χ1) is 9.67. The number of hydrogen-bond acceptors (Lipinski definition) is 3. The minimum Gasteiger partial charge on any atom is -0.492 e. The Labute approximate surface area is 123 Å². The van der Waals surface area contributed by atoms with Crippen LogP contribution in [-0.2, 0) is 0 Å². The Kier molecular flexibility index (Phi) is 5.86. The van der Waals surface area contributed by atoms with Gasteiger partial charge in [-0.15, -0.1) is 0 Å². The monoisotopic (exact) mass is 276 g/mol. The molecule has 0 aromatic heterocycles. The zero-order valence-corrected chi connectivity index (χ0v) is 13.1. The van der Waals surface area contributed by atoms with E-state index < -0.39 is 0 Å². The van der Waals surface area contributed by atoms with E-state index >= 15 is 0 Å². The number of nitrogens with one attached hydrogen (secondary N) is 1. The second kappa shape index (κ2) is 7.65. The van der Waals surface area contributed by atoms with Gasteiger partial charge in [-0.25, -0.2) is 0 Å². The van der Waals surface area contributed by atoms with Crippen LogP contribution in [0.2, 0.25) is 0 Å². The predicted octanol–water partition coefficient (Wildman–Crippen LogP) is 2.84. The van der Waals surface area contributed by atoms with E-state index in [0.29, 0.717) is 12.1 Å². The molecule has 1 aromatic rings. The van der Waals surface area contributed by atoms with Gasteiger partial charge in [0.15, 0.2) is 0 Å². The predicted molar refractivity (Wildman–Crippen MR) is 84.4 cm³/mol. The van der Waals surface area contributed by atoms with Crippen molar-refractivity contribution in [1.29, 1.82) is 0 Å². The highest BCUT2D eigenvalue weighted by Crippen LogP contribution is 2.13. The Morgan fingerprint density at radius 2 is 1.90 bits per heavy atom. The summed E-state index contributed by atoms with van der Waals surface area (Å²) in [5, 5.41) is 3.69. The molecular formula is C17H28N2O. The molecule has 1 aliphatic rings. The number of hydrogen-bond donors (Lipinski definition) is 1. The van der Waals surface area contributed by atoms with Gasteiger partial charge in [-0.1, -0.05) is 24.6 Å². The first kappa shape index (κ1) is 15.3. The van der Waals surface area contributed by atoms with Crippen molar-refractivity contribution in [3.8, 4) is 5.75 Å². The van der Waals surface area contributed by atoms with Crippen LogP contribution in [0.5, 0.6) is 5.75 Å². The van der Waals surface area contributed by atoms with Gasteiger partial charge in [0, 0.05) is 12.1 Å². The van der Waals surface area contributed by atoms with E-state index in [1.165, 1.54) is 38.0 Å². The lowest BCUT2D eigenvalue weighted by Crippen LogP contribution is -2.46. The minimum absolute atomic E-state index is 0.398. The van der Waals surface area contributed by atoms with Crippen molar-refractivity contribution in [2.24, 2.45) is 0 Å². The molecule has 3 heteroatoms. The number of aryl methyl sites for hydroxylation is 1. The standard InChI is InChI=1S/C17H28N2O/c1-4-19-11-9-16(10-12-19)18-15(3)13-20-17-7-5-14(2)6-8-17/h5-8,15-16,18H,4,9-13H2,1-3H3. The Morgan fingerprint density at radius 1 is 1.25 bits per heavy atom. The van der Waals surface area contributed by atoms with Gasteiger partial charge in [0.25, 0.3) is 0 Å². The van der Waals surface area contributed by atoms with Gasteiger partial charge in [0.2, 0.25) is 0 Å². The largest absolute Gasteiger partial charge is 0.492 e. The molecule has 1 aromatic carbocycles. The van der Waals surface area contributed by atoms with Crippen molar-refractivity contribution in [3.05, 3.63) is 29.8 Å². The molecule has 112 valence electrons. The van der Waals surface area contributed by atoms with Crippen LogP contribution >= 0.6 is 0 Å². The van der Waals surface area contributed by atoms with Crippen LogP contribution < -0.4 is 10.1 Å². The summed E-state index contributed by atoms with van der Waals surface area (Å²) < 4.78 is 5.83. The summed E-state index contributed by atoms with van der Waals surface area (Å²) in [6, 6.07) is 9.31. The summed E-state index contributed by atoms with van der Waals surface area (Å²) in [5.41, 5.74) is 1.27. The van der Waals surface area contributed by atoms with E-state index in [2.05, 4.69) is 43.1 Å². The Balaban J connectivity index is 1.68. The van der Waals surface area contributed by atoms with Gasteiger partial charge in [-0.3, -0.25) is 0 Å². The fourth-order valence-corrected chi connectivity index (χ4v) is 2.72. The quantitative estimate of drug-likeness (QED) is 0.864. The molecule has 1 atom stereocenters. The molecule has 0 spiro atoms. The second-order valence-electron chi connectivity index (χ2n) is 5.90. The third-order valence-corrected chi connectivity index (χ3v) is 4.08. The molecule has 1 N–H and O–H groups in total. The van der Waals surface area contributed by atoms with E-state index in [-0.39, 0.29) is 0 Å². The minimum atomic E-state index is 0.398. The van der Waals surface area contributed by atoms with Crippen molar-refractivity contribution in [2.45, 2.75) is 45.7 Å². The van der Waals surface area contributed by atoms with Crippen LogP contribution in [0.25, 0.3) is 0 Å². The summed E-state index contributed by atoms with van der Waals surface area (Å²) in [6.07, 6.45) is 2.51. The van der Waals surface area contributed by atoms with Gasteiger partial charge >= 0.3 is 0 Å². The highest BCUT2D eigenvalue weighted by Gasteiger charge is 2.19. The lowest BCUT2D eigenvalue weighted by atomic mass is 10.0. The molecule has 1 heterocycles. The normalized spacial score (nSPS) is 18.9. The van der Waals surface area contributed by atoms with Crippen LogP contribution in [0.3, 0.4) is 0 Å². The van der Waals surface area contributed by atoms with E-state index in [4.69, 9.17) is 4.74 Å². The summed E-state index contributed by atoms with van der Waals surface area (Å²) in [6.45, 7) is 10.9. The molecule has 3 nitrogen and oxygen atoms in total. The average Bonchev–Trinajstić information content (AvgIpc) is 2.47. The smallest absolute Gasteiger partial charge is 0.119 e. The molecule has 0 saturated carbocycles. The number of rotatable bonds is 6. The first-order valence-corrected chi connectivity index (χ1v) is 7.85. The van der Waals surface area contributed by atoms with E-state index in [9.17, 15) is 0 Å². The third kappa shape index (κ3) is 4.80. The summed E-state index contributed by atoms with van der Waals surface area (Å²) in [4.78, 5) is 2.52. The van der Waals surface area contributed by atoms with Crippen molar-refractivity contribution < 1.29 is 4.74 Å². The molecule has 0 radical (unpaired) electrons. The Morgan fingerprint density at radius 3 is 2.50 bits per heavy atom. The third-order valence-electron chi connectivity index (χ3n) is 4.08. The molecule has 0 amide bonds. The van der Waals surface area contributed by atoms with Gasteiger partial charge in [0.05, 0.1) is 0 Å². The molecule has 1 unspecified atom stereocenters.